The van der Waals surface area contributed by atoms with E-state index in [9.17, 15) is 9.59 Å². The largest absolute Gasteiger partial charge is 0.491 e. The lowest BCUT2D eigenvalue weighted by Crippen LogP contribution is -2.51. The molecule has 1 fully saturated rings. The number of hydrogen-bond acceptors (Lipinski definition) is 4. The second kappa shape index (κ2) is 7.46. The van der Waals surface area contributed by atoms with Gasteiger partial charge < -0.3 is 19.9 Å². The Hall–Kier alpha value is -2.08. The van der Waals surface area contributed by atoms with Crippen LogP contribution in [0.25, 0.3) is 0 Å². The molecule has 1 atom stereocenters. The molecule has 1 aliphatic heterocycles. The van der Waals surface area contributed by atoms with Crippen molar-refractivity contribution in [3.8, 4) is 5.75 Å². The minimum Gasteiger partial charge on any atom is -0.491 e. The topological polar surface area (TPSA) is 84.9 Å². The Labute approximate surface area is 135 Å². The Bertz CT molecular complexity index is 564. The molecule has 2 N–H and O–H groups in total. The van der Waals surface area contributed by atoms with Crippen LogP contribution < -0.4 is 10.1 Å². The first-order valence-electron chi connectivity index (χ1n) is 7.75. The highest BCUT2D eigenvalue weighted by Gasteiger charge is 2.38. The predicted molar refractivity (Wildman–Crippen MR) is 84.5 cm³/mol. The molecule has 0 radical (unpaired) electrons. The third-order valence-electron chi connectivity index (χ3n) is 3.63. The van der Waals surface area contributed by atoms with Crippen molar-refractivity contribution in [3.63, 3.8) is 0 Å². The number of nitrogens with one attached hydrogen (secondary N) is 1. The van der Waals surface area contributed by atoms with Crippen molar-refractivity contribution in [3.05, 3.63) is 29.8 Å². The first kappa shape index (κ1) is 17.3. The van der Waals surface area contributed by atoms with Crippen LogP contribution in [0.1, 0.15) is 32.3 Å². The molecule has 0 bridgehead atoms. The number of amides is 1. The summed E-state index contributed by atoms with van der Waals surface area (Å²) in [6.45, 7) is 4.58. The van der Waals surface area contributed by atoms with Gasteiger partial charge in [0.15, 0.2) is 0 Å². The normalized spacial score (nSPS) is 20.5. The third-order valence-corrected chi connectivity index (χ3v) is 3.63. The van der Waals surface area contributed by atoms with Gasteiger partial charge in [0.25, 0.3) is 0 Å². The number of carboxylic acids is 1. The van der Waals surface area contributed by atoms with Crippen LogP contribution in [-0.4, -0.2) is 41.8 Å². The highest BCUT2D eigenvalue weighted by molar-refractivity contribution is 5.80. The van der Waals surface area contributed by atoms with Crippen molar-refractivity contribution < 1.29 is 24.2 Å². The van der Waals surface area contributed by atoms with E-state index in [0.717, 1.165) is 11.3 Å². The van der Waals surface area contributed by atoms with Crippen molar-refractivity contribution in [2.75, 3.05) is 13.2 Å². The second-order valence-electron chi connectivity index (χ2n) is 6.19. The van der Waals surface area contributed by atoms with Crippen LogP contribution in [0, 0.1) is 0 Å². The average Bonchev–Trinajstić information content (AvgIpc) is 2.85. The number of carbonyl (C=O) groups is 2. The van der Waals surface area contributed by atoms with Crippen molar-refractivity contribution in [2.45, 2.75) is 44.8 Å². The summed E-state index contributed by atoms with van der Waals surface area (Å²) in [6.07, 6.45) is 0.626. The maximum absolute atomic E-state index is 12.3. The molecular formula is C17H23NO5. The van der Waals surface area contributed by atoms with E-state index in [1.165, 1.54) is 0 Å². The lowest BCUT2D eigenvalue weighted by Gasteiger charge is -2.27. The van der Waals surface area contributed by atoms with Crippen LogP contribution in [0.15, 0.2) is 24.3 Å². The van der Waals surface area contributed by atoms with Crippen LogP contribution in [0.2, 0.25) is 0 Å². The molecule has 1 aromatic carbocycles. The van der Waals surface area contributed by atoms with Gasteiger partial charge in [-0.1, -0.05) is 12.1 Å². The minimum atomic E-state index is -0.942. The molecule has 1 amide bonds. The first-order valence-corrected chi connectivity index (χ1v) is 7.75. The summed E-state index contributed by atoms with van der Waals surface area (Å²) in [5, 5.41) is 11.9. The summed E-state index contributed by atoms with van der Waals surface area (Å²) in [5.41, 5.74) is 0.0274. The Morgan fingerprint density at radius 3 is 2.83 bits per heavy atom. The highest BCUT2D eigenvalue weighted by atomic mass is 16.5. The summed E-state index contributed by atoms with van der Waals surface area (Å²) in [6, 6.07) is 7.36. The van der Waals surface area contributed by atoms with Gasteiger partial charge in [0.05, 0.1) is 31.1 Å². The standard InChI is InChI=1S/C17H23NO5/c1-12(2)23-14-5-3-4-13(8-14)9-15(19)18-17(10-16(20)21)6-7-22-11-17/h3-5,8,12H,6-7,9-11H2,1-2H3,(H,18,19)(H,20,21). The van der Waals surface area contributed by atoms with Crippen LogP contribution in [0.3, 0.4) is 0 Å². The smallest absolute Gasteiger partial charge is 0.305 e. The van der Waals surface area contributed by atoms with E-state index in [-0.39, 0.29) is 31.5 Å². The van der Waals surface area contributed by atoms with Gasteiger partial charge in [-0.2, -0.15) is 0 Å². The van der Waals surface area contributed by atoms with Gasteiger partial charge in [-0.25, -0.2) is 0 Å². The average molecular weight is 321 g/mol. The lowest BCUT2D eigenvalue weighted by molar-refractivity contribution is -0.139. The zero-order valence-corrected chi connectivity index (χ0v) is 13.5. The molecule has 0 aliphatic carbocycles. The van der Waals surface area contributed by atoms with E-state index in [1.54, 1.807) is 0 Å². The molecule has 0 spiro atoms. The zero-order valence-electron chi connectivity index (χ0n) is 13.5. The Morgan fingerprint density at radius 1 is 1.43 bits per heavy atom. The van der Waals surface area contributed by atoms with Crippen molar-refractivity contribution >= 4 is 11.9 Å². The molecule has 1 aliphatic rings. The molecule has 1 aromatic rings. The molecule has 0 aromatic heterocycles. The maximum atomic E-state index is 12.3. The summed E-state index contributed by atoms with van der Waals surface area (Å²) in [4.78, 5) is 23.3. The quantitative estimate of drug-likeness (QED) is 0.799. The first-order chi connectivity index (χ1) is 10.9. The van der Waals surface area contributed by atoms with Gasteiger partial charge in [-0.05, 0) is 38.0 Å². The molecule has 2 rings (SSSR count). The van der Waals surface area contributed by atoms with Crippen LogP contribution in [0.4, 0.5) is 0 Å². The lowest BCUT2D eigenvalue weighted by atomic mass is 9.94. The number of carbonyl (C=O) groups excluding carboxylic acids is 1. The van der Waals surface area contributed by atoms with E-state index < -0.39 is 11.5 Å². The summed E-state index contributed by atoms with van der Waals surface area (Å²) >= 11 is 0. The molecule has 1 unspecified atom stereocenters. The Morgan fingerprint density at radius 2 is 2.22 bits per heavy atom. The van der Waals surface area contributed by atoms with Gasteiger partial charge in [-0.3, -0.25) is 9.59 Å². The zero-order chi connectivity index (χ0) is 16.9. The van der Waals surface area contributed by atoms with Crippen molar-refractivity contribution in [2.24, 2.45) is 0 Å². The van der Waals surface area contributed by atoms with Crippen molar-refractivity contribution in [1.29, 1.82) is 0 Å². The van der Waals surface area contributed by atoms with Crippen LogP contribution in [-0.2, 0) is 20.7 Å². The molecule has 23 heavy (non-hydrogen) atoms. The summed E-state index contributed by atoms with van der Waals surface area (Å²) < 4.78 is 10.9. The van der Waals surface area contributed by atoms with Gasteiger partial charge in [0.1, 0.15) is 5.75 Å². The number of hydrogen-bond donors (Lipinski definition) is 2. The van der Waals surface area contributed by atoms with Gasteiger partial charge in [0.2, 0.25) is 5.91 Å². The van der Waals surface area contributed by atoms with E-state index in [4.69, 9.17) is 14.6 Å². The maximum Gasteiger partial charge on any atom is 0.305 e. The van der Waals surface area contributed by atoms with E-state index in [0.29, 0.717) is 13.0 Å². The predicted octanol–water partition coefficient (Wildman–Crippen LogP) is 1.77. The van der Waals surface area contributed by atoms with Crippen molar-refractivity contribution in [1.82, 2.24) is 5.32 Å². The fourth-order valence-electron chi connectivity index (χ4n) is 2.71. The fraction of sp³-hybridized carbons (Fsp3) is 0.529. The Kier molecular flexibility index (Phi) is 5.60. The highest BCUT2D eigenvalue weighted by Crippen LogP contribution is 2.23. The number of benzene rings is 1. The number of aliphatic carboxylic acids is 1. The molecule has 1 saturated heterocycles. The molecule has 6 heteroatoms. The van der Waals surface area contributed by atoms with Gasteiger partial charge >= 0.3 is 5.97 Å². The third kappa shape index (κ3) is 5.25. The van der Waals surface area contributed by atoms with Gasteiger partial charge in [0, 0.05) is 6.61 Å². The number of ether oxygens (including phenoxy) is 2. The van der Waals surface area contributed by atoms with E-state index in [1.807, 2.05) is 38.1 Å². The molecule has 1 heterocycles. The molecule has 0 saturated carbocycles. The number of carboxylic acid groups (broad SMARTS) is 1. The minimum absolute atomic E-state index is 0.0635. The second-order valence-corrected chi connectivity index (χ2v) is 6.19. The fourth-order valence-corrected chi connectivity index (χ4v) is 2.71. The summed E-state index contributed by atoms with van der Waals surface area (Å²) in [7, 11) is 0. The Balaban J connectivity index is 1.99. The SMILES string of the molecule is CC(C)Oc1cccc(CC(=O)NC2(CC(=O)O)CCOC2)c1. The molecule has 126 valence electrons. The van der Waals surface area contributed by atoms with Gasteiger partial charge in [-0.15, -0.1) is 0 Å². The molecular weight excluding hydrogens is 298 g/mol. The number of rotatable bonds is 7. The van der Waals surface area contributed by atoms with Crippen LogP contribution >= 0.6 is 0 Å². The van der Waals surface area contributed by atoms with E-state index >= 15 is 0 Å². The van der Waals surface area contributed by atoms with Crippen LogP contribution in [0.5, 0.6) is 5.75 Å². The monoisotopic (exact) mass is 321 g/mol. The van der Waals surface area contributed by atoms with E-state index in [2.05, 4.69) is 5.32 Å². The summed E-state index contributed by atoms with van der Waals surface area (Å²) in [5.74, 6) is -0.434. The molecule has 6 nitrogen and oxygen atoms in total.